The molecule has 1 amide bonds. The molecule has 0 aliphatic rings. The molecule has 3 aromatic carbocycles. The van der Waals surface area contributed by atoms with Crippen LogP contribution in [0, 0.1) is 17.0 Å². The standard InChI is InChI=1S/C32H28F2N4O9/c1-38(2)32(42)18-6-5-7-19(14-18)45-30-25(33)28(26(34)31(37-30)46-21-15-17(29(35)36)9-10-20(21)39)47-27-22(43-3)12-16(8-11-24(40)41)13-23(27)44-4/h5-15,39H,1-4H3,(H3,35,36)(H,40,41)/b11-8+. The van der Waals surface area contributed by atoms with E-state index in [1.165, 1.54) is 67.7 Å². The third kappa shape index (κ3) is 7.65. The lowest BCUT2D eigenvalue weighted by molar-refractivity contribution is -0.131. The third-order valence-corrected chi connectivity index (χ3v) is 6.26. The van der Waals surface area contributed by atoms with Crippen molar-refractivity contribution in [3.63, 3.8) is 0 Å². The zero-order valence-corrected chi connectivity index (χ0v) is 25.3. The van der Waals surface area contributed by atoms with Gasteiger partial charge in [-0.25, -0.2) is 4.79 Å². The first kappa shape index (κ1) is 33.5. The van der Waals surface area contributed by atoms with E-state index in [1.54, 1.807) is 14.1 Å². The number of phenolic OH excluding ortho intramolecular Hbond substituents is 1. The number of phenols is 1. The van der Waals surface area contributed by atoms with E-state index in [0.29, 0.717) is 5.56 Å². The number of amidine groups is 1. The predicted octanol–water partition coefficient (Wildman–Crippen LogP) is 5.54. The van der Waals surface area contributed by atoms with Gasteiger partial charge in [0.2, 0.25) is 23.1 Å². The van der Waals surface area contributed by atoms with Crippen molar-refractivity contribution in [3.8, 4) is 52.0 Å². The fraction of sp³-hybridized carbons (Fsp3) is 0.125. The van der Waals surface area contributed by atoms with Crippen molar-refractivity contribution < 1.29 is 52.3 Å². The Hall–Kier alpha value is -6.38. The summed E-state index contributed by atoms with van der Waals surface area (Å²) in [6.45, 7) is 0. The highest BCUT2D eigenvalue weighted by Crippen LogP contribution is 2.46. The van der Waals surface area contributed by atoms with Gasteiger partial charge in [0.15, 0.2) is 23.0 Å². The number of benzene rings is 3. The molecule has 15 heteroatoms. The van der Waals surface area contributed by atoms with E-state index >= 15 is 8.78 Å². The molecular formula is C32H28F2N4O9. The van der Waals surface area contributed by atoms with Crippen LogP contribution < -0.4 is 29.4 Å². The number of nitrogen functional groups attached to an aromatic ring is 1. The quantitative estimate of drug-likeness (QED) is 0.0856. The molecule has 4 aromatic rings. The molecule has 0 aliphatic heterocycles. The molecule has 0 atom stereocenters. The van der Waals surface area contributed by atoms with Gasteiger partial charge in [0.25, 0.3) is 17.7 Å². The number of nitrogens with one attached hydrogen (secondary N) is 1. The Morgan fingerprint density at radius 3 is 2.09 bits per heavy atom. The highest BCUT2D eigenvalue weighted by atomic mass is 19.1. The van der Waals surface area contributed by atoms with Crippen LogP contribution in [0.1, 0.15) is 21.5 Å². The maximum Gasteiger partial charge on any atom is 0.328 e. The van der Waals surface area contributed by atoms with E-state index in [9.17, 15) is 14.7 Å². The van der Waals surface area contributed by atoms with Gasteiger partial charge >= 0.3 is 5.97 Å². The first-order valence-corrected chi connectivity index (χ1v) is 13.4. The van der Waals surface area contributed by atoms with E-state index in [1.807, 2.05) is 0 Å². The number of nitrogens with zero attached hydrogens (tertiary/aromatic N) is 2. The van der Waals surface area contributed by atoms with Gasteiger partial charge < -0.3 is 44.5 Å². The van der Waals surface area contributed by atoms with Gasteiger partial charge in [-0.1, -0.05) is 6.07 Å². The number of nitrogens with two attached hydrogens (primary N) is 1. The number of methoxy groups -OCH3 is 2. The van der Waals surface area contributed by atoms with Crippen molar-refractivity contribution in [2.24, 2.45) is 5.73 Å². The van der Waals surface area contributed by atoms with Crippen molar-refractivity contribution in [3.05, 3.63) is 89.0 Å². The molecule has 0 saturated carbocycles. The Balaban J connectivity index is 1.89. The largest absolute Gasteiger partial charge is 0.504 e. The van der Waals surface area contributed by atoms with Gasteiger partial charge in [-0.05, 0) is 60.2 Å². The number of aromatic hydroxyl groups is 1. The Morgan fingerprint density at radius 2 is 1.51 bits per heavy atom. The molecule has 0 bridgehead atoms. The lowest BCUT2D eigenvalue weighted by Crippen LogP contribution is -2.21. The molecular weight excluding hydrogens is 622 g/mol. The molecule has 13 nitrogen and oxygen atoms in total. The summed E-state index contributed by atoms with van der Waals surface area (Å²) in [7, 11) is 5.56. The number of rotatable bonds is 12. The minimum Gasteiger partial charge on any atom is -0.504 e. The molecule has 47 heavy (non-hydrogen) atoms. The van der Waals surface area contributed by atoms with Crippen LogP contribution in [0.25, 0.3) is 6.08 Å². The number of carboxylic acids is 1. The number of aliphatic carboxylic acids is 1. The van der Waals surface area contributed by atoms with Gasteiger partial charge in [-0.15, -0.1) is 0 Å². The normalized spacial score (nSPS) is 10.8. The Bertz CT molecular complexity index is 1870. The smallest absolute Gasteiger partial charge is 0.328 e. The predicted molar refractivity (Wildman–Crippen MR) is 164 cm³/mol. The van der Waals surface area contributed by atoms with Gasteiger partial charge in [-0.2, -0.15) is 13.8 Å². The van der Waals surface area contributed by atoms with Crippen molar-refractivity contribution in [2.75, 3.05) is 28.3 Å². The van der Waals surface area contributed by atoms with Gasteiger partial charge in [-0.3, -0.25) is 10.2 Å². The van der Waals surface area contributed by atoms with Crippen LogP contribution in [0.5, 0.6) is 52.0 Å². The van der Waals surface area contributed by atoms with Crippen LogP contribution in [0.3, 0.4) is 0 Å². The molecule has 4 rings (SSSR count). The number of pyridine rings is 1. The molecule has 244 valence electrons. The highest BCUT2D eigenvalue weighted by Gasteiger charge is 2.29. The van der Waals surface area contributed by atoms with E-state index in [2.05, 4.69) is 4.98 Å². The van der Waals surface area contributed by atoms with E-state index in [4.69, 9.17) is 39.9 Å². The third-order valence-electron chi connectivity index (χ3n) is 6.26. The summed E-state index contributed by atoms with van der Waals surface area (Å²) in [5, 5.41) is 27.0. The van der Waals surface area contributed by atoms with Crippen LogP contribution in [0.15, 0.2) is 60.7 Å². The second kappa shape index (κ2) is 14.2. The maximum atomic E-state index is 16.1. The average Bonchev–Trinajstić information content (AvgIpc) is 3.04. The van der Waals surface area contributed by atoms with Crippen LogP contribution >= 0.6 is 0 Å². The van der Waals surface area contributed by atoms with Crippen LogP contribution in [-0.2, 0) is 4.79 Å². The van der Waals surface area contributed by atoms with Crippen molar-refractivity contribution in [1.29, 1.82) is 5.41 Å². The van der Waals surface area contributed by atoms with Crippen LogP contribution in [-0.4, -0.2) is 66.1 Å². The number of carbonyl (C=O) groups is 2. The van der Waals surface area contributed by atoms with Crippen LogP contribution in [0.2, 0.25) is 0 Å². The molecule has 5 N–H and O–H groups in total. The molecule has 1 aromatic heterocycles. The molecule has 0 unspecified atom stereocenters. The monoisotopic (exact) mass is 650 g/mol. The first-order chi connectivity index (χ1) is 22.3. The van der Waals surface area contributed by atoms with Crippen molar-refractivity contribution in [1.82, 2.24) is 9.88 Å². The van der Waals surface area contributed by atoms with E-state index in [-0.39, 0.29) is 45.9 Å². The number of halogens is 2. The summed E-state index contributed by atoms with van der Waals surface area (Å²) < 4.78 is 59.7. The summed E-state index contributed by atoms with van der Waals surface area (Å²) in [4.78, 5) is 28.7. The topological polar surface area (TPSA) is 187 Å². The molecule has 0 spiro atoms. The minimum absolute atomic E-state index is 0.0567. The molecule has 0 aliphatic carbocycles. The number of amides is 1. The van der Waals surface area contributed by atoms with Gasteiger partial charge in [0.1, 0.15) is 11.6 Å². The van der Waals surface area contributed by atoms with Gasteiger partial charge in [0.05, 0.1) is 14.2 Å². The summed E-state index contributed by atoms with van der Waals surface area (Å²) in [6, 6.07) is 12.0. The average molecular weight is 651 g/mol. The molecule has 0 fully saturated rings. The molecule has 0 saturated heterocycles. The lowest BCUT2D eigenvalue weighted by Gasteiger charge is -2.18. The number of hydrogen-bond acceptors (Lipinski definition) is 10. The van der Waals surface area contributed by atoms with Crippen LogP contribution in [0.4, 0.5) is 8.78 Å². The number of aromatic nitrogens is 1. The summed E-state index contributed by atoms with van der Waals surface area (Å²) in [6.07, 6.45) is 2.10. The zero-order chi connectivity index (χ0) is 34.4. The zero-order valence-electron chi connectivity index (χ0n) is 25.3. The van der Waals surface area contributed by atoms with Gasteiger partial charge in [0, 0.05) is 31.3 Å². The Labute approximate surface area is 266 Å². The highest BCUT2D eigenvalue weighted by molar-refractivity contribution is 5.95. The second-order valence-electron chi connectivity index (χ2n) is 9.74. The summed E-state index contributed by atoms with van der Waals surface area (Å²) in [5.74, 6) is -9.25. The Morgan fingerprint density at radius 1 is 0.872 bits per heavy atom. The number of carboxylic acid groups (broad SMARTS) is 1. The number of ether oxygens (including phenoxy) is 5. The minimum atomic E-state index is -1.49. The number of hydrogen-bond donors (Lipinski definition) is 4. The SMILES string of the molecule is COc1cc(/C=C/C(=O)O)cc(OC)c1Oc1c(F)c(Oc2cccc(C(=O)N(C)C)c2)nc(Oc2cc(C(=N)N)ccc2O)c1F. The van der Waals surface area contributed by atoms with E-state index < -0.39 is 46.6 Å². The summed E-state index contributed by atoms with van der Waals surface area (Å²) >= 11 is 0. The number of carbonyl (C=O) groups excluding carboxylic acids is 1. The van der Waals surface area contributed by atoms with Crippen molar-refractivity contribution in [2.45, 2.75) is 0 Å². The fourth-order valence-corrected chi connectivity index (χ4v) is 4.00. The summed E-state index contributed by atoms with van der Waals surface area (Å²) in [5.41, 5.74) is 6.13. The lowest BCUT2D eigenvalue weighted by atomic mass is 10.1. The Kier molecular flexibility index (Phi) is 10.1. The van der Waals surface area contributed by atoms with E-state index in [0.717, 1.165) is 18.2 Å². The molecule has 0 radical (unpaired) electrons. The maximum absolute atomic E-state index is 16.1. The molecule has 1 heterocycles. The fourth-order valence-electron chi connectivity index (χ4n) is 4.00. The second-order valence-corrected chi connectivity index (χ2v) is 9.74. The first-order valence-electron chi connectivity index (χ1n) is 13.4. The van der Waals surface area contributed by atoms with Crippen molar-refractivity contribution >= 4 is 23.8 Å².